The number of likely N-dealkylation sites (tertiary alicyclic amines) is 1. The lowest BCUT2D eigenvalue weighted by Gasteiger charge is -2.32. The van der Waals surface area contributed by atoms with Crippen LogP contribution in [0.5, 0.6) is 0 Å². The molecule has 1 aromatic heterocycles. The highest BCUT2D eigenvalue weighted by Gasteiger charge is 2.24. The minimum absolute atomic E-state index is 0.171. The smallest absolute Gasteiger partial charge is 0.315 e. The Morgan fingerprint density at radius 1 is 1.28 bits per heavy atom. The fourth-order valence-electron chi connectivity index (χ4n) is 3.12. The number of carbonyl (C=O) groups excluding carboxylic acids is 1. The van der Waals surface area contributed by atoms with E-state index in [0.717, 1.165) is 38.9 Å². The number of nitrogens with one attached hydrogen (secondary N) is 2. The first-order valence-corrected chi connectivity index (χ1v) is 9.42. The van der Waals surface area contributed by atoms with Crippen LogP contribution >= 0.6 is 0 Å². The Labute approximate surface area is 151 Å². The third-order valence-electron chi connectivity index (χ3n) is 5.28. The second-order valence-electron chi connectivity index (χ2n) is 6.98. The molecule has 0 spiro atoms. The van der Waals surface area contributed by atoms with Gasteiger partial charge >= 0.3 is 6.03 Å². The lowest BCUT2D eigenvalue weighted by Crippen LogP contribution is -2.51. The maximum absolute atomic E-state index is 12.0. The maximum Gasteiger partial charge on any atom is 0.315 e. The van der Waals surface area contributed by atoms with Gasteiger partial charge in [0.15, 0.2) is 0 Å². The van der Waals surface area contributed by atoms with E-state index in [4.69, 9.17) is 0 Å². The first-order chi connectivity index (χ1) is 12.0. The SMILES string of the molecule is CCC(O)(CC)CNC(=O)NC1CCN(CCc2ccncc2)CC1. The number of piperidine rings is 1. The van der Waals surface area contributed by atoms with Gasteiger partial charge in [-0.2, -0.15) is 0 Å². The summed E-state index contributed by atoms with van der Waals surface area (Å²) in [4.78, 5) is 18.5. The first kappa shape index (κ1) is 19.7. The van der Waals surface area contributed by atoms with Crippen LogP contribution in [0.25, 0.3) is 0 Å². The maximum atomic E-state index is 12.0. The Balaban J connectivity index is 1.64. The Kier molecular flexibility index (Phi) is 7.65. The number of hydrogen-bond acceptors (Lipinski definition) is 4. The monoisotopic (exact) mass is 348 g/mol. The molecule has 2 heterocycles. The van der Waals surface area contributed by atoms with Crippen LogP contribution in [-0.2, 0) is 6.42 Å². The standard InChI is InChI=1S/C19H32N4O2/c1-3-19(25,4-2)15-21-18(24)22-17-8-13-23(14-9-17)12-7-16-5-10-20-11-6-16/h5-6,10-11,17,25H,3-4,7-9,12-15H2,1-2H3,(H2,21,22,24). The normalized spacial score (nSPS) is 16.6. The van der Waals surface area contributed by atoms with Gasteiger partial charge in [0.25, 0.3) is 0 Å². The predicted molar refractivity (Wildman–Crippen MR) is 99.5 cm³/mol. The van der Waals surface area contributed by atoms with Crippen molar-refractivity contribution < 1.29 is 9.90 Å². The summed E-state index contributed by atoms with van der Waals surface area (Å²) in [5, 5.41) is 16.1. The van der Waals surface area contributed by atoms with Crippen LogP contribution in [0.15, 0.2) is 24.5 Å². The number of carbonyl (C=O) groups is 1. The van der Waals surface area contributed by atoms with E-state index in [1.54, 1.807) is 0 Å². The molecule has 0 unspecified atom stereocenters. The molecular weight excluding hydrogens is 316 g/mol. The van der Waals surface area contributed by atoms with Crippen LogP contribution in [0.4, 0.5) is 4.79 Å². The largest absolute Gasteiger partial charge is 0.388 e. The van der Waals surface area contributed by atoms with Gasteiger partial charge in [-0.15, -0.1) is 0 Å². The topological polar surface area (TPSA) is 77.5 Å². The minimum atomic E-state index is -0.798. The van der Waals surface area contributed by atoms with Gasteiger partial charge in [-0.25, -0.2) is 4.79 Å². The van der Waals surface area contributed by atoms with E-state index in [2.05, 4.69) is 32.7 Å². The average Bonchev–Trinajstić information content (AvgIpc) is 2.66. The Morgan fingerprint density at radius 3 is 2.52 bits per heavy atom. The fourth-order valence-corrected chi connectivity index (χ4v) is 3.12. The van der Waals surface area contributed by atoms with Crippen LogP contribution in [0, 0.1) is 0 Å². The van der Waals surface area contributed by atoms with Gasteiger partial charge in [-0.3, -0.25) is 4.98 Å². The summed E-state index contributed by atoms with van der Waals surface area (Å²) in [5.41, 5.74) is 0.516. The zero-order valence-electron chi connectivity index (χ0n) is 15.5. The summed E-state index contributed by atoms with van der Waals surface area (Å²) in [6.45, 7) is 7.23. The molecule has 1 aliphatic heterocycles. The molecule has 6 nitrogen and oxygen atoms in total. The highest BCUT2D eigenvalue weighted by atomic mass is 16.3. The number of rotatable bonds is 8. The number of nitrogens with zero attached hydrogens (tertiary/aromatic N) is 2. The van der Waals surface area contributed by atoms with Crippen molar-refractivity contribution in [3.8, 4) is 0 Å². The average molecular weight is 348 g/mol. The third kappa shape index (κ3) is 6.63. The summed E-state index contributed by atoms with van der Waals surface area (Å²) in [6.07, 6.45) is 7.92. The summed E-state index contributed by atoms with van der Waals surface area (Å²) in [5.74, 6) is 0. The quantitative estimate of drug-likeness (QED) is 0.671. The van der Waals surface area contributed by atoms with Gasteiger partial charge in [0, 0.05) is 44.6 Å². The molecule has 0 radical (unpaired) electrons. The van der Waals surface area contributed by atoms with Gasteiger partial charge < -0.3 is 20.6 Å². The molecule has 1 fully saturated rings. The summed E-state index contributed by atoms with van der Waals surface area (Å²) < 4.78 is 0. The van der Waals surface area contributed by atoms with Crippen molar-refractivity contribution in [1.29, 1.82) is 0 Å². The van der Waals surface area contributed by atoms with E-state index >= 15 is 0 Å². The van der Waals surface area contributed by atoms with Crippen molar-refractivity contribution in [3.63, 3.8) is 0 Å². The third-order valence-corrected chi connectivity index (χ3v) is 5.28. The number of pyridine rings is 1. The summed E-state index contributed by atoms with van der Waals surface area (Å²) in [7, 11) is 0. The lowest BCUT2D eigenvalue weighted by atomic mass is 9.98. The number of urea groups is 1. The van der Waals surface area contributed by atoms with E-state index < -0.39 is 5.60 Å². The zero-order valence-corrected chi connectivity index (χ0v) is 15.5. The van der Waals surface area contributed by atoms with Crippen molar-refractivity contribution >= 4 is 6.03 Å². The van der Waals surface area contributed by atoms with Crippen LogP contribution in [0.1, 0.15) is 45.1 Å². The van der Waals surface area contributed by atoms with Gasteiger partial charge in [0.2, 0.25) is 0 Å². The molecule has 1 aromatic rings. The second kappa shape index (κ2) is 9.73. The van der Waals surface area contributed by atoms with Gasteiger partial charge in [-0.05, 0) is 49.8 Å². The molecular formula is C19H32N4O2. The Bertz CT molecular complexity index is 511. The molecule has 6 heteroatoms. The summed E-state index contributed by atoms with van der Waals surface area (Å²) >= 11 is 0. The van der Waals surface area contributed by atoms with Gasteiger partial charge in [-0.1, -0.05) is 13.8 Å². The highest BCUT2D eigenvalue weighted by Crippen LogP contribution is 2.13. The van der Waals surface area contributed by atoms with Crippen molar-refractivity contribution in [2.75, 3.05) is 26.2 Å². The molecule has 2 amide bonds. The Morgan fingerprint density at radius 2 is 1.92 bits per heavy atom. The molecule has 0 aliphatic carbocycles. The Hall–Kier alpha value is -1.66. The van der Waals surface area contributed by atoms with E-state index in [1.807, 2.05) is 26.2 Å². The summed E-state index contributed by atoms with van der Waals surface area (Å²) in [6, 6.07) is 4.17. The number of amides is 2. The van der Waals surface area contributed by atoms with Crippen LogP contribution in [0.3, 0.4) is 0 Å². The molecule has 0 aromatic carbocycles. The first-order valence-electron chi connectivity index (χ1n) is 9.42. The molecule has 0 atom stereocenters. The van der Waals surface area contributed by atoms with E-state index in [0.29, 0.717) is 19.4 Å². The van der Waals surface area contributed by atoms with Crippen molar-refractivity contribution in [3.05, 3.63) is 30.1 Å². The molecule has 0 bridgehead atoms. The van der Waals surface area contributed by atoms with E-state index in [-0.39, 0.29) is 12.1 Å². The highest BCUT2D eigenvalue weighted by molar-refractivity contribution is 5.74. The van der Waals surface area contributed by atoms with Crippen molar-refractivity contribution in [1.82, 2.24) is 20.5 Å². The van der Waals surface area contributed by atoms with Crippen LogP contribution in [-0.4, -0.2) is 58.8 Å². The molecule has 0 saturated carbocycles. The minimum Gasteiger partial charge on any atom is -0.388 e. The molecule has 25 heavy (non-hydrogen) atoms. The van der Waals surface area contributed by atoms with Crippen molar-refractivity contribution in [2.45, 2.75) is 57.6 Å². The molecule has 1 aliphatic rings. The molecule has 3 N–H and O–H groups in total. The fraction of sp³-hybridized carbons (Fsp3) is 0.684. The van der Waals surface area contributed by atoms with Crippen molar-refractivity contribution in [2.24, 2.45) is 0 Å². The number of hydrogen-bond donors (Lipinski definition) is 3. The number of aliphatic hydroxyl groups is 1. The second-order valence-corrected chi connectivity index (χ2v) is 6.98. The van der Waals surface area contributed by atoms with E-state index in [1.165, 1.54) is 5.56 Å². The van der Waals surface area contributed by atoms with Gasteiger partial charge in [0.1, 0.15) is 0 Å². The molecule has 140 valence electrons. The van der Waals surface area contributed by atoms with Crippen LogP contribution in [0.2, 0.25) is 0 Å². The number of aromatic nitrogens is 1. The predicted octanol–water partition coefficient (Wildman–Crippen LogP) is 1.94. The molecule has 1 saturated heterocycles. The lowest BCUT2D eigenvalue weighted by molar-refractivity contribution is 0.0347. The van der Waals surface area contributed by atoms with E-state index in [9.17, 15) is 9.90 Å². The molecule has 2 rings (SSSR count). The van der Waals surface area contributed by atoms with Gasteiger partial charge in [0.05, 0.1) is 5.60 Å². The van der Waals surface area contributed by atoms with Crippen LogP contribution < -0.4 is 10.6 Å². The zero-order chi connectivity index (χ0) is 18.1.